The molecule has 0 saturated heterocycles. The van der Waals surface area contributed by atoms with Crippen LogP contribution < -0.4 is 0 Å². The van der Waals surface area contributed by atoms with Crippen molar-refractivity contribution in [2.75, 3.05) is 13.2 Å². The van der Waals surface area contributed by atoms with E-state index in [1.54, 1.807) is 0 Å². The summed E-state index contributed by atoms with van der Waals surface area (Å²) in [5, 5.41) is 0. The molecule has 23 heavy (non-hydrogen) atoms. The summed E-state index contributed by atoms with van der Waals surface area (Å²) in [6.45, 7) is 7.58. The third-order valence-corrected chi connectivity index (χ3v) is 7.15. The van der Waals surface area contributed by atoms with E-state index in [4.69, 9.17) is 9.05 Å². The van der Waals surface area contributed by atoms with Crippen LogP contribution in [0.1, 0.15) is 97.8 Å². The minimum Gasteiger partial charge on any atom is -0.308 e. The van der Waals surface area contributed by atoms with Crippen LogP contribution >= 0.6 is 20.2 Å². The lowest BCUT2D eigenvalue weighted by Crippen LogP contribution is -2.09. The lowest BCUT2D eigenvalue weighted by atomic mass is 10.2. The van der Waals surface area contributed by atoms with Gasteiger partial charge in [-0.15, -0.1) is 0 Å². The van der Waals surface area contributed by atoms with Gasteiger partial charge < -0.3 is 9.05 Å². The highest BCUT2D eigenvalue weighted by molar-refractivity contribution is 7.89. The van der Waals surface area contributed by atoms with Crippen LogP contribution in [-0.4, -0.2) is 18.2 Å². The average molecular weight is 367 g/mol. The molecule has 3 nitrogen and oxygen atoms in total. The quantitative estimate of drug-likeness (QED) is 0.168. The highest BCUT2D eigenvalue weighted by Gasteiger charge is 2.32. The maximum absolute atomic E-state index is 13.1. The van der Waals surface area contributed by atoms with Crippen molar-refractivity contribution in [1.82, 2.24) is 0 Å². The van der Waals surface area contributed by atoms with Gasteiger partial charge in [-0.3, -0.25) is 4.57 Å². The molecule has 0 aromatic rings. The molecular formula is C18H39O3PS. The van der Waals surface area contributed by atoms with Crippen molar-refractivity contribution >= 4 is 20.2 Å². The molecule has 0 rings (SSSR count). The van der Waals surface area contributed by atoms with E-state index in [1.165, 1.54) is 25.7 Å². The van der Waals surface area contributed by atoms with Crippen LogP contribution in [0.4, 0.5) is 0 Å². The molecule has 0 aliphatic carbocycles. The maximum Gasteiger partial charge on any atom is 0.343 e. The summed E-state index contributed by atoms with van der Waals surface area (Å²) in [4.78, 5) is -0.286. The minimum absolute atomic E-state index is 0.286. The fraction of sp³-hybridized carbons (Fsp3) is 1.00. The fourth-order valence-corrected chi connectivity index (χ4v) is 4.65. The van der Waals surface area contributed by atoms with Crippen LogP contribution in [0, 0.1) is 0 Å². The molecule has 0 aliphatic heterocycles. The van der Waals surface area contributed by atoms with E-state index in [0.717, 1.165) is 51.4 Å². The van der Waals surface area contributed by atoms with E-state index in [2.05, 4.69) is 33.4 Å². The first-order valence-corrected chi connectivity index (χ1v) is 11.8. The molecule has 0 bridgehead atoms. The molecule has 0 aliphatic rings. The lowest BCUT2D eigenvalue weighted by Gasteiger charge is -2.24. The topological polar surface area (TPSA) is 35.5 Å². The van der Waals surface area contributed by atoms with Crippen LogP contribution in [0.15, 0.2) is 0 Å². The molecule has 0 aromatic carbocycles. The van der Waals surface area contributed by atoms with Gasteiger partial charge in [0, 0.05) is 0 Å². The summed E-state index contributed by atoms with van der Waals surface area (Å²) in [5.41, 5.74) is 0. The van der Waals surface area contributed by atoms with Gasteiger partial charge in [0.1, 0.15) is 4.99 Å². The van der Waals surface area contributed by atoms with Crippen molar-refractivity contribution in [3.8, 4) is 0 Å². The molecule has 140 valence electrons. The van der Waals surface area contributed by atoms with Gasteiger partial charge in [-0.1, -0.05) is 78.6 Å². The average Bonchev–Trinajstić information content (AvgIpc) is 2.54. The molecule has 0 radical (unpaired) electrons. The number of hydrogen-bond donors (Lipinski definition) is 1. The van der Waals surface area contributed by atoms with E-state index >= 15 is 0 Å². The molecule has 0 N–H and O–H groups in total. The molecular weight excluding hydrogens is 327 g/mol. The van der Waals surface area contributed by atoms with Crippen molar-refractivity contribution in [3.63, 3.8) is 0 Å². The van der Waals surface area contributed by atoms with Crippen molar-refractivity contribution in [2.45, 2.75) is 103 Å². The first kappa shape index (κ1) is 23.5. The summed E-state index contributed by atoms with van der Waals surface area (Å²) >= 11 is 4.56. The Morgan fingerprint density at radius 2 is 1.17 bits per heavy atom. The molecule has 1 atom stereocenters. The van der Waals surface area contributed by atoms with Gasteiger partial charge in [-0.05, 0) is 19.3 Å². The predicted octanol–water partition coefficient (Wildman–Crippen LogP) is 7.21. The maximum atomic E-state index is 13.1. The van der Waals surface area contributed by atoms with Crippen LogP contribution in [0.25, 0.3) is 0 Å². The lowest BCUT2D eigenvalue weighted by molar-refractivity contribution is 0.195. The van der Waals surface area contributed by atoms with E-state index in [1.807, 2.05) is 0 Å². The molecule has 0 fully saturated rings. The Morgan fingerprint density at radius 1 is 0.739 bits per heavy atom. The highest BCUT2D eigenvalue weighted by Crippen LogP contribution is 2.56. The van der Waals surface area contributed by atoms with Crippen molar-refractivity contribution in [1.29, 1.82) is 0 Å². The van der Waals surface area contributed by atoms with Gasteiger partial charge in [-0.2, -0.15) is 12.6 Å². The third kappa shape index (κ3) is 12.5. The minimum atomic E-state index is -3.08. The molecule has 0 amide bonds. The Hall–Kier alpha value is 0.500. The molecule has 5 heteroatoms. The molecule has 1 unspecified atom stereocenters. The van der Waals surface area contributed by atoms with Crippen LogP contribution in [0.5, 0.6) is 0 Å². The Morgan fingerprint density at radius 3 is 1.61 bits per heavy atom. The highest BCUT2D eigenvalue weighted by atomic mass is 32.1. The van der Waals surface area contributed by atoms with E-state index in [-0.39, 0.29) is 4.99 Å². The third-order valence-electron chi connectivity index (χ3n) is 3.97. The monoisotopic (exact) mass is 366 g/mol. The summed E-state index contributed by atoms with van der Waals surface area (Å²) in [5.74, 6) is 0. The first-order chi connectivity index (χ1) is 11.1. The van der Waals surface area contributed by atoms with Gasteiger partial charge in [0.2, 0.25) is 0 Å². The number of unbranched alkanes of at least 4 members (excludes halogenated alkanes) is 8. The van der Waals surface area contributed by atoms with Gasteiger partial charge >= 0.3 is 7.60 Å². The van der Waals surface area contributed by atoms with Crippen LogP contribution in [0.3, 0.4) is 0 Å². The number of hydrogen-bond acceptors (Lipinski definition) is 4. The Kier molecular flexibility index (Phi) is 16.3. The standard InChI is InChI=1S/C18H39O3PS/c1-4-7-10-13-16-20-22(19,18(23)15-12-9-6-3)21-17-14-11-8-5-2/h18,23H,4-17H2,1-3H3. The summed E-state index contributed by atoms with van der Waals surface area (Å²) in [7, 11) is -3.08. The zero-order chi connectivity index (χ0) is 17.4. The Bertz CT molecular complexity index is 282. The van der Waals surface area contributed by atoms with Gasteiger partial charge in [0.15, 0.2) is 0 Å². The second-order valence-electron chi connectivity index (χ2n) is 6.30. The van der Waals surface area contributed by atoms with Crippen molar-refractivity contribution in [2.24, 2.45) is 0 Å². The SMILES string of the molecule is CCCCCCOP(=O)(OCCCCCC)C(S)CCCCC. The van der Waals surface area contributed by atoms with E-state index in [9.17, 15) is 4.57 Å². The molecule has 0 heterocycles. The fourth-order valence-electron chi connectivity index (χ4n) is 2.39. The smallest absolute Gasteiger partial charge is 0.308 e. The Balaban J connectivity index is 4.29. The molecule has 0 saturated carbocycles. The molecule has 0 spiro atoms. The predicted molar refractivity (Wildman–Crippen MR) is 105 cm³/mol. The van der Waals surface area contributed by atoms with E-state index in [0.29, 0.717) is 13.2 Å². The van der Waals surface area contributed by atoms with Crippen molar-refractivity contribution in [3.05, 3.63) is 0 Å². The zero-order valence-corrected chi connectivity index (χ0v) is 17.4. The Labute approximate surface area is 150 Å². The first-order valence-electron chi connectivity index (χ1n) is 9.67. The number of rotatable bonds is 17. The zero-order valence-electron chi connectivity index (χ0n) is 15.6. The summed E-state index contributed by atoms with van der Waals surface area (Å²) in [6.07, 6.45) is 13.1. The van der Waals surface area contributed by atoms with E-state index < -0.39 is 7.60 Å². The number of thiol groups is 1. The van der Waals surface area contributed by atoms with Gasteiger partial charge in [0.25, 0.3) is 0 Å². The van der Waals surface area contributed by atoms with Crippen molar-refractivity contribution < 1.29 is 13.6 Å². The van der Waals surface area contributed by atoms with Gasteiger partial charge in [0.05, 0.1) is 13.2 Å². The van der Waals surface area contributed by atoms with Crippen LogP contribution in [0.2, 0.25) is 0 Å². The van der Waals surface area contributed by atoms with Crippen LogP contribution in [-0.2, 0) is 13.6 Å². The largest absolute Gasteiger partial charge is 0.343 e. The summed E-state index contributed by atoms with van der Waals surface area (Å²) in [6, 6.07) is 0. The molecule has 0 aromatic heterocycles. The normalized spacial score (nSPS) is 13.4. The second-order valence-corrected chi connectivity index (χ2v) is 9.55. The summed E-state index contributed by atoms with van der Waals surface area (Å²) < 4.78 is 24.5. The van der Waals surface area contributed by atoms with Gasteiger partial charge in [-0.25, -0.2) is 0 Å². The second kappa shape index (κ2) is 16.0.